The number of aryl methyl sites for hydroxylation is 2. The molecule has 0 nitrogen and oxygen atoms in total. The molecule has 1 atom stereocenters. The van der Waals surface area contributed by atoms with Crippen LogP contribution in [0.1, 0.15) is 11.1 Å². The molecule has 10 heavy (non-hydrogen) atoms. The largest absolute Gasteiger partial charge is 0.141 e. The van der Waals surface area contributed by atoms with E-state index in [9.17, 15) is 0 Å². The van der Waals surface area contributed by atoms with E-state index in [4.69, 9.17) is 0 Å². The van der Waals surface area contributed by atoms with Crippen molar-refractivity contribution in [2.24, 2.45) is 0 Å². The summed E-state index contributed by atoms with van der Waals surface area (Å²) in [7, 11) is 2.42. The van der Waals surface area contributed by atoms with Crippen molar-refractivity contribution in [1.29, 1.82) is 0 Å². The van der Waals surface area contributed by atoms with Crippen molar-refractivity contribution in [3.05, 3.63) is 35.4 Å². The molecule has 0 aliphatic carbocycles. The summed E-state index contributed by atoms with van der Waals surface area (Å²) in [5.74, 6) is 0. The molecule has 0 saturated heterocycles. The van der Waals surface area contributed by atoms with Gasteiger partial charge in [0.2, 0.25) is 0 Å². The number of rotatable bonds is 0. The molecule has 1 heteroatoms. The van der Waals surface area contributed by atoms with Gasteiger partial charge in [0.05, 0.1) is 0 Å². The van der Waals surface area contributed by atoms with Crippen LogP contribution in [0.4, 0.5) is 0 Å². The maximum absolute atomic E-state index is 2.42. The van der Waals surface area contributed by atoms with Crippen LogP contribution in [-0.2, 0) is 0 Å². The van der Waals surface area contributed by atoms with Gasteiger partial charge in [-0.3, -0.25) is 0 Å². The molecular weight excluding hydrogens is 139 g/mol. The standard InChI is InChI=1S/C8H10.CH5P/c1-7-4-3-5-8(2)6-7;1-2/h3-6H,1-2H3;2H2,1H3. The van der Waals surface area contributed by atoms with Crippen LogP contribution >= 0.6 is 9.24 Å². The molecule has 1 rings (SSSR count). The molecule has 0 aliphatic rings. The Morgan fingerprint density at radius 3 is 1.60 bits per heavy atom. The van der Waals surface area contributed by atoms with E-state index in [1.165, 1.54) is 11.1 Å². The van der Waals surface area contributed by atoms with Crippen LogP contribution in [-0.4, -0.2) is 6.66 Å². The van der Waals surface area contributed by atoms with Crippen LogP contribution in [0, 0.1) is 13.8 Å². The summed E-state index contributed by atoms with van der Waals surface area (Å²) < 4.78 is 0. The van der Waals surface area contributed by atoms with E-state index in [-0.39, 0.29) is 0 Å². The summed E-state index contributed by atoms with van der Waals surface area (Å²) in [4.78, 5) is 0. The van der Waals surface area contributed by atoms with Gasteiger partial charge >= 0.3 is 0 Å². The van der Waals surface area contributed by atoms with Gasteiger partial charge in [-0.1, -0.05) is 42.1 Å². The van der Waals surface area contributed by atoms with Gasteiger partial charge in [0.1, 0.15) is 0 Å². The summed E-state index contributed by atoms with van der Waals surface area (Å²) in [6.07, 6.45) is 0. The molecule has 0 spiro atoms. The highest BCUT2D eigenvalue weighted by atomic mass is 31.0. The molecule has 0 bridgehead atoms. The minimum Gasteiger partial charge on any atom is -0.141 e. The Kier molecular flexibility index (Phi) is 5.25. The van der Waals surface area contributed by atoms with Crippen LogP contribution < -0.4 is 0 Å². The molecule has 56 valence electrons. The quantitative estimate of drug-likeness (QED) is 0.504. The molecule has 0 N–H and O–H groups in total. The summed E-state index contributed by atoms with van der Waals surface area (Å²) >= 11 is 0. The highest BCUT2D eigenvalue weighted by molar-refractivity contribution is 7.15. The fourth-order valence-electron chi connectivity index (χ4n) is 0.807. The zero-order valence-corrected chi connectivity index (χ0v) is 8.04. The third kappa shape index (κ3) is 3.63. The Morgan fingerprint density at radius 1 is 1.00 bits per heavy atom. The van der Waals surface area contributed by atoms with Gasteiger partial charge in [0.25, 0.3) is 0 Å². The number of hydrogen-bond acceptors (Lipinski definition) is 0. The highest BCUT2D eigenvalue weighted by Gasteiger charge is 1.80. The van der Waals surface area contributed by atoms with E-state index in [2.05, 4.69) is 47.4 Å². The molecule has 0 amide bonds. The smallest absolute Gasteiger partial charge is 0.0398 e. The molecule has 0 radical (unpaired) electrons. The van der Waals surface area contributed by atoms with Gasteiger partial charge in [-0.25, -0.2) is 0 Å². The van der Waals surface area contributed by atoms with E-state index < -0.39 is 0 Å². The van der Waals surface area contributed by atoms with Crippen molar-refractivity contribution in [1.82, 2.24) is 0 Å². The first-order valence-electron chi connectivity index (χ1n) is 3.40. The van der Waals surface area contributed by atoms with Crippen molar-refractivity contribution < 1.29 is 0 Å². The van der Waals surface area contributed by atoms with E-state index >= 15 is 0 Å². The monoisotopic (exact) mass is 154 g/mol. The van der Waals surface area contributed by atoms with Crippen molar-refractivity contribution >= 4 is 9.24 Å². The van der Waals surface area contributed by atoms with E-state index in [0.717, 1.165) is 0 Å². The van der Waals surface area contributed by atoms with Gasteiger partial charge < -0.3 is 0 Å². The molecule has 1 unspecified atom stereocenters. The predicted octanol–water partition coefficient (Wildman–Crippen LogP) is 2.79. The number of hydrogen-bond donors (Lipinski definition) is 0. The van der Waals surface area contributed by atoms with Crippen molar-refractivity contribution in [2.75, 3.05) is 6.66 Å². The topological polar surface area (TPSA) is 0 Å². The highest BCUT2D eigenvalue weighted by Crippen LogP contribution is 2.00. The zero-order valence-electron chi connectivity index (χ0n) is 6.89. The van der Waals surface area contributed by atoms with Crippen molar-refractivity contribution in [2.45, 2.75) is 13.8 Å². The van der Waals surface area contributed by atoms with Crippen molar-refractivity contribution in [3.63, 3.8) is 0 Å². The predicted molar refractivity (Wildman–Crippen MR) is 51.6 cm³/mol. The first-order chi connectivity index (χ1) is 4.79. The van der Waals surface area contributed by atoms with Crippen LogP contribution in [0.3, 0.4) is 0 Å². The molecule has 0 heterocycles. The molecule has 1 aromatic rings. The maximum Gasteiger partial charge on any atom is -0.0398 e. The van der Waals surface area contributed by atoms with Crippen LogP contribution in [0.15, 0.2) is 24.3 Å². The fraction of sp³-hybridized carbons (Fsp3) is 0.333. The Morgan fingerprint density at radius 2 is 1.40 bits per heavy atom. The van der Waals surface area contributed by atoms with Gasteiger partial charge in [-0.05, 0) is 13.8 Å². The minimum atomic E-state index is 1.34. The Hall–Kier alpha value is -0.350. The van der Waals surface area contributed by atoms with Crippen LogP contribution in [0.25, 0.3) is 0 Å². The summed E-state index contributed by atoms with van der Waals surface area (Å²) in [6, 6.07) is 8.45. The van der Waals surface area contributed by atoms with Crippen molar-refractivity contribution in [3.8, 4) is 0 Å². The summed E-state index contributed by atoms with van der Waals surface area (Å²) in [6.45, 7) is 6.12. The lowest BCUT2D eigenvalue weighted by Crippen LogP contribution is -1.71. The zero-order chi connectivity index (χ0) is 7.98. The second-order valence-corrected chi connectivity index (χ2v) is 2.16. The Balaban J connectivity index is 0.000000371. The van der Waals surface area contributed by atoms with Gasteiger partial charge in [-0.15, -0.1) is 9.24 Å². The van der Waals surface area contributed by atoms with Crippen LogP contribution in [0.2, 0.25) is 0 Å². The second-order valence-electron chi connectivity index (χ2n) is 2.16. The van der Waals surface area contributed by atoms with E-state index in [1.807, 2.05) is 6.66 Å². The maximum atomic E-state index is 2.42. The average Bonchev–Trinajstić information content (AvgIpc) is 1.91. The lowest BCUT2D eigenvalue weighted by molar-refractivity contribution is 1.39. The lowest BCUT2D eigenvalue weighted by atomic mass is 10.2. The second kappa shape index (κ2) is 5.44. The van der Waals surface area contributed by atoms with Gasteiger partial charge in [0, 0.05) is 0 Å². The summed E-state index contributed by atoms with van der Waals surface area (Å²) in [5.41, 5.74) is 2.68. The lowest BCUT2D eigenvalue weighted by Gasteiger charge is -1.90. The third-order valence-corrected chi connectivity index (χ3v) is 1.17. The molecule has 1 aromatic carbocycles. The third-order valence-electron chi connectivity index (χ3n) is 1.17. The first-order valence-corrected chi connectivity index (χ1v) is 4.55. The summed E-state index contributed by atoms with van der Waals surface area (Å²) in [5, 5.41) is 0. The van der Waals surface area contributed by atoms with Gasteiger partial charge in [-0.2, -0.15) is 0 Å². The normalized spacial score (nSPS) is 8.00. The van der Waals surface area contributed by atoms with E-state index in [0.29, 0.717) is 0 Å². The van der Waals surface area contributed by atoms with E-state index in [1.54, 1.807) is 0 Å². The molecule has 0 aliphatic heterocycles. The molecular formula is C9H15P. The molecule has 0 fully saturated rings. The fourth-order valence-corrected chi connectivity index (χ4v) is 0.807. The first kappa shape index (κ1) is 9.65. The average molecular weight is 154 g/mol. The molecule has 0 saturated carbocycles. The minimum absolute atomic E-state index is 1.34. The Labute approximate surface area is 65.9 Å². The van der Waals surface area contributed by atoms with Crippen LogP contribution in [0.5, 0.6) is 0 Å². The SMILES string of the molecule is CP.Cc1cccc(C)c1. The van der Waals surface area contributed by atoms with Gasteiger partial charge in [0.15, 0.2) is 0 Å². The molecule has 0 aromatic heterocycles. The number of benzene rings is 1. The Bertz CT molecular complexity index is 165.